The summed E-state index contributed by atoms with van der Waals surface area (Å²) in [6.07, 6.45) is 3.98. The normalized spacial score (nSPS) is 11.0. The number of rotatable bonds is 4. The molecule has 0 amide bonds. The highest BCUT2D eigenvalue weighted by Crippen LogP contribution is 2.19. The van der Waals surface area contributed by atoms with Crippen molar-refractivity contribution >= 4 is 21.4 Å². The van der Waals surface area contributed by atoms with Gasteiger partial charge in [0.05, 0.1) is 11.9 Å². The Hall–Kier alpha value is -1.10. The summed E-state index contributed by atoms with van der Waals surface area (Å²) >= 11 is 1.60. The lowest BCUT2D eigenvalue weighted by molar-refractivity contribution is 0.874. The summed E-state index contributed by atoms with van der Waals surface area (Å²) in [5, 5.41) is 8.67. The number of nitrogens with zero attached hydrogens (tertiary/aromatic N) is 3. The summed E-state index contributed by atoms with van der Waals surface area (Å²) in [6, 6.07) is 0. The molecule has 0 bridgehead atoms. The second-order valence-corrected chi connectivity index (χ2v) is 4.09. The predicted molar refractivity (Wildman–Crippen MR) is 59.0 cm³/mol. The molecule has 14 heavy (non-hydrogen) atoms. The fourth-order valence-corrected chi connectivity index (χ4v) is 2.10. The molecule has 0 fully saturated rings. The highest BCUT2D eigenvalue weighted by Gasteiger charge is 2.07. The van der Waals surface area contributed by atoms with Gasteiger partial charge in [0.15, 0.2) is 0 Å². The topological polar surface area (TPSA) is 42.2 Å². The van der Waals surface area contributed by atoms with Crippen LogP contribution in [0.5, 0.6) is 0 Å². The van der Waals surface area contributed by atoms with E-state index in [4.69, 9.17) is 0 Å². The number of fused-ring (bicyclic) bond motifs is 1. The van der Waals surface area contributed by atoms with Crippen LogP contribution >= 0.6 is 11.3 Å². The molecule has 2 aromatic heterocycles. The highest BCUT2D eigenvalue weighted by molar-refractivity contribution is 7.20. The van der Waals surface area contributed by atoms with Crippen LogP contribution in [0.4, 0.5) is 5.13 Å². The molecule has 0 aliphatic heterocycles. The number of imidazole rings is 1. The summed E-state index contributed by atoms with van der Waals surface area (Å²) in [4.78, 5) is 5.27. The number of hydrogen-bond acceptors (Lipinski definition) is 4. The zero-order valence-corrected chi connectivity index (χ0v) is 9.27. The van der Waals surface area contributed by atoms with Crippen LogP contribution in [-0.2, 0) is 6.42 Å². The van der Waals surface area contributed by atoms with E-state index >= 15 is 0 Å². The molecule has 0 spiro atoms. The smallest absolute Gasteiger partial charge is 0.214 e. The van der Waals surface area contributed by atoms with Gasteiger partial charge in [-0.1, -0.05) is 25.2 Å². The minimum atomic E-state index is 0.963. The van der Waals surface area contributed by atoms with Crippen molar-refractivity contribution in [2.24, 2.45) is 0 Å². The van der Waals surface area contributed by atoms with Crippen LogP contribution in [-0.4, -0.2) is 21.1 Å². The molecule has 5 heteroatoms. The van der Waals surface area contributed by atoms with Crippen molar-refractivity contribution in [3.8, 4) is 0 Å². The van der Waals surface area contributed by atoms with Crippen LogP contribution in [0.25, 0.3) is 4.96 Å². The average molecular weight is 210 g/mol. The van der Waals surface area contributed by atoms with E-state index in [0.29, 0.717) is 0 Å². The molecule has 0 saturated carbocycles. The van der Waals surface area contributed by atoms with Gasteiger partial charge in [-0.3, -0.25) is 0 Å². The third kappa shape index (κ3) is 1.59. The Morgan fingerprint density at radius 1 is 1.50 bits per heavy atom. The maximum Gasteiger partial charge on any atom is 0.214 e. The van der Waals surface area contributed by atoms with Gasteiger partial charge in [0.2, 0.25) is 10.1 Å². The molecule has 1 N–H and O–H groups in total. The molecule has 0 saturated heterocycles. The fourth-order valence-electron chi connectivity index (χ4n) is 1.28. The summed E-state index contributed by atoms with van der Waals surface area (Å²) < 4.78 is 1.92. The van der Waals surface area contributed by atoms with Crippen molar-refractivity contribution in [1.82, 2.24) is 14.6 Å². The van der Waals surface area contributed by atoms with Gasteiger partial charge in [-0.05, 0) is 12.8 Å². The molecule has 4 nitrogen and oxygen atoms in total. The first kappa shape index (κ1) is 9.45. The molecular formula is C9H14N4S. The van der Waals surface area contributed by atoms with Crippen LogP contribution in [0.1, 0.15) is 26.0 Å². The monoisotopic (exact) mass is 210 g/mol. The van der Waals surface area contributed by atoms with Gasteiger partial charge in [-0.2, -0.15) is 0 Å². The number of nitrogens with one attached hydrogen (secondary N) is 1. The third-order valence-electron chi connectivity index (χ3n) is 2.04. The Bertz CT molecular complexity index is 417. The van der Waals surface area contributed by atoms with E-state index in [-0.39, 0.29) is 0 Å². The van der Waals surface area contributed by atoms with Crippen molar-refractivity contribution in [3.05, 3.63) is 11.9 Å². The van der Waals surface area contributed by atoms with Crippen molar-refractivity contribution in [2.75, 3.05) is 11.9 Å². The molecule has 2 heterocycles. The lowest BCUT2D eigenvalue weighted by Crippen LogP contribution is -2.00. The number of aromatic nitrogens is 3. The molecule has 0 radical (unpaired) electrons. The van der Waals surface area contributed by atoms with Crippen molar-refractivity contribution < 1.29 is 0 Å². The first-order valence-corrected chi connectivity index (χ1v) is 5.74. The van der Waals surface area contributed by atoms with Crippen molar-refractivity contribution in [3.63, 3.8) is 0 Å². The van der Waals surface area contributed by atoms with Crippen LogP contribution in [0.2, 0.25) is 0 Å². The van der Waals surface area contributed by atoms with E-state index < -0.39 is 0 Å². The minimum absolute atomic E-state index is 0.963. The summed E-state index contributed by atoms with van der Waals surface area (Å²) in [5.41, 5.74) is 1.17. The maximum atomic E-state index is 4.44. The van der Waals surface area contributed by atoms with E-state index in [2.05, 4.69) is 29.2 Å². The average Bonchev–Trinajstić information content (AvgIpc) is 2.73. The summed E-state index contributed by atoms with van der Waals surface area (Å²) in [5.74, 6) is 0. The largest absolute Gasteiger partial charge is 0.360 e. The molecular weight excluding hydrogens is 196 g/mol. The van der Waals surface area contributed by atoms with Gasteiger partial charge < -0.3 is 5.32 Å². The zero-order valence-electron chi connectivity index (χ0n) is 8.45. The van der Waals surface area contributed by atoms with E-state index in [1.165, 1.54) is 5.69 Å². The molecule has 0 aliphatic rings. The van der Waals surface area contributed by atoms with Crippen LogP contribution in [0.3, 0.4) is 0 Å². The Morgan fingerprint density at radius 2 is 2.36 bits per heavy atom. The first-order chi connectivity index (χ1) is 6.85. The highest BCUT2D eigenvalue weighted by atomic mass is 32.1. The summed E-state index contributed by atoms with van der Waals surface area (Å²) in [6.45, 7) is 5.23. The number of anilines is 1. The SMILES string of the molecule is CCCNc1nn2c(CC)cnc2s1. The van der Waals surface area contributed by atoms with Gasteiger partial charge in [0.1, 0.15) is 0 Å². The quantitative estimate of drug-likeness (QED) is 0.841. The molecule has 0 unspecified atom stereocenters. The molecule has 2 aromatic rings. The lowest BCUT2D eigenvalue weighted by Gasteiger charge is -1.96. The Morgan fingerprint density at radius 3 is 3.07 bits per heavy atom. The lowest BCUT2D eigenvalue weighted by atomic mass is 10.4. The van der Waals surface area contributed by atoms with E-state index in [1.807, 2.05) is 10.7 Å². The van der Waals surface area contributed by atoms with Crippen molar-refractivity contribution in [2.45, 2.75) is 26.7 Å². The number of aryl methyl sites for hydroxylation is 1. The summed E-state index contributed by atoms with van der Waals surface area (Å²) in [7, 11) is 0. The molecule has 0 atom stereocenters. The second-order valence-electron chi connectivity index (χ2n) is 3.13. The minimum Gasteiger partial charge on any atom is -0.360 e. The van der Waals surface area contributed by atoms with Crippen LogP contribution < -0.4 is 5.32 Å². The van der Waals surface area contributed by atoms with E-state index in [9.17, 15) is 0 Å². The first-order valence-electron chi connectivity index (χ1n) is 4.92. The number of hydrogen-bond donors (Lipinski definition) is 1. The molecule has 0 aliphatic carbocycles. The Kier molecular flexibility index (Phi) is 2.67. The molecule has 2 rings (SSSR count). The van der Waals surface area contributed by atoms with E-state index in [0.717, 1.165) is 29.5 Å². The Labute approximate surface area is 87.0 Å². The molecule has 0 aromatic carbocycles. The van der Waals surface area contributed by atoms with E-state index in [1.54, 1.807) is 11.3 Å². The molecule has 76 valence electrons. The van der Waals surface area contributed by atoms with Gasteiger partial charge in [0, 0.05) is 6.54 Å². The predicted octanol–water partition coefficient (Wildman–Crippen LogP) is 2.18. The Balaban J connectivity index is 2.28. The third-order valence-corrected chi connectivity index (χ3v) is 2.92. The fraction of sp³-hybridized carbons (Fsp3) is 0.556. The van der Waals surface area contributed by atoms with Crippen molar-refractivity contribution in [1.29, 1.82) is 0 Å². The van der Waals surface area contributed by atoms with Gasteiger partial charge in [-0.15, -0.1) is 5.10 Å². The standard InChI is InChI=1S/C9H14N4S/c1-3-5-10-8-12-13-7(4-2)6-11-9(13)14-8/h6H,3-5H2,1-2H3,(H,10,12). The van der Waals surface area contributed by atoms with Gasteiger partial charge in [-0.25, -0.2) is 9.50 Å². The van der Waals surface area contributed by atoms with Crippen LogP contribution in [0, 0.1) is 0 Å². The van der Waals surface area contributed by atoms with Gasteiger partial charge >= 0.3 is 0 Å². The maximum absolute atomic E-state index is 4.44. The zero-order chi connectivity index (χ0) is 9.97. The van der Waals surface area contributed by atoms with Gasteiger partial charge in [0.25, 0.3) is 0 Å². The van der Waals surface area contributed by atoms with Crippen LogP contribution in [0.15, 0.2) is 6.20 Å². The second kappa shape index (κ2) is 3.96.